The molecular formula is C24H27Cl2FN4S. The monoisotopic (exact) mass is 492 g/mol. The van der Waals surface area contributed by atoms with Gasteiger partial charge in [0.05, 0.1) is 11.0 Å². The Balaban J connectivity index is 0.00000144. The van der Waals surface area contributed by atoms with Crippen LogP contribution in [-0.2, 0) is 6.42 Å². The lowest BCUT2D eigenvalue weighted by Gasteiger charge is -2.36. The highest BCUT2D eigenvalue weighted by molar-refractivity contribution is 7.16. The Bertz CT molecular complexity index is 1180. The molecule has 2 aromatic heterocycles. The number of hydrogen-bond donors (Lipinski definition) is 2. The summed E-state index contributed by atoms with van der Waals surface area (Å²) in [7, 11) is 0. The first-order chi connectivity index (χ1) is 14.7. The van der Waals surface area contributed by atoms with E-state index in [2.05, 4.69) is 40.8 Å². The van der Waals surface area contributed by atoms with Crippen LogP contribution in [0, 0.1) is 12.7 Å². The van der Waals surface area contributed by atoms with Crippen LogP contribution in [0.4, 0.5) is 9.39 Å². The smallest absolute Gasteiger partial charge is 0.123 e. The van der Waals surface area contributed by atoms with Crippen LogP contribution >= 0.6 is 36.2 Å². The summed E-state index contributed by atoms with van der Waals surface area (Å²) in [4.78, 5) is 8.55. The van der Waals surface area contributed by atoms with E-state index in [-0.39, 0.29) is 30.6 Å². The second-order valence-corrected chi connectivity index (χ2v) is 9.20. The third-order valence-electron chi connectivity index (χ3n) is 5.80. The van der Waals surface area contributed by atoms with Crippen molar-refractivity contribution in [1.29, 1.82) is 0 Å². The van der Waals surface area contributed by atoms with Crippen molar-refractivity contribution >= 4 is 53.0 Å². The van der Waals surface area contributed by atoms with Gasteiger partial charge in [-0.3, -0.25) is 4.98 Å². The maximum atomic E-state index is 13.2. The fourth-order valence-corrected chi connectivity index (χ4v) is 5.22. The third-order valence-corrected chi connectivity index (χ3v) is 6.78. The second-order valence-electron chi connectivity index (χ2n) is 7.94. The molecule has 4 nitrogen and oxygen atoms in total. The number of aromatic nitrogens is 1. The summed E-state index contributed by atoms with van der Waals surface area (Å²) in [6.45, 7) is 4.98. The highest BCUT2D eigenvalue weighted by Gasteiger charge is 2.26. The summed E-state index contributed by atoms with van der Waals surface area (Å²) < 4.78 is 13.2. The maximum Gasteiger partial charge on any atom is 0.123 e. The first-order valence-corrected chi connectivity index (χ1v) is 11.2. The van der Waals surface area contributed by atoms with Gasteiger partial charge in [-0.25, -0.2) is 4.39 Å². The van der Waals surface area contributed by atoms with Crippen LogP contribution in [0.3, 0.4) is 0 Å². The quantitative estimate of drug-likeness (QED) is 0.582. The first kappa shape index (κ1) is 24.5. The van der Waals surface area contributed by atoms with Gasteiger partial charge < -0.3 is 15.5 Å². The Labute approximate surface area is 204 Å². The average molecular weight is 493 g/mol. The van der Waals surface area contributed by atoms with Crippen molar-refractivity contribution in [3.05, 3.63) is 81.1 Å². The van der Waals surface area contributed by atoms with E-state index in [1.54, 1.807) is 23.5 Å². The molecule has 3 aromatic rings. The van der Waals surface area contributed by atoms with Crippen LogP contribution in [0.15, 0.2) is 48.7 Å². The Kier molecular flexibility index (Phi) is 8.17. The van der Waals surface area contributed by atoms with Crippen LogP contribution in [0.1, 0.15) is 22.4 Å². The number of rotatable bonds is 4. The molecule has 0 aliphatic carbocycles. The van der Waals surface area contributed by atoms with Gasteiger partial charge in [0, 0.05) is 53.7 Å². The van der Waals surface area contributed by atoms with Crippen molar-refractivity contribution in [2.45, 2.75) is 25.8 Å². The highest BCUT2D eigenvalue weighted by atomic mass is 35.5. The fourth-order valence-electron chi connectivity index (χ4n) is 4.33. The number of benzene rings is 1. The molecule has 8 heteroatoms. The molecule has 0 saturated carbocycles. The van der Waals surface area contributed by atoms with Gasteiger partial charge in [-0.05, 0) is 55.7 Å². The van der Waals surface area contributed by atoms with Crippen molar-refractivity contribution in [3.63, 3.8) is 0 Å². The molecule has 0 spiro atoms. The average Bonchev–Trinajstić information content (AvgIpc) is 3.06. The molecule has 2 N–H and O–H groups in total. The molecule has 1 aromatic carbocycles. The van der Waals surface area contributed by atoms with Gasteiger partial charge in [-0.1, -0.05) is 12.1 Å². The minimum Gasteiger partial charge on any atom is -0.366 e. The summed E-state index contributed by atoms with van der Waals surface area (Å²) in [5.41, 5.74) is 3.64. The summed E-state index contributed by atoms with van der Waals surface area (Å²) in [5.74, 6) is -0.177. The molecular weight excluding hydrogens is 466 g/mol. The van der Waals surface area contributed by atoms with Gasteiger partial charge in [0.25, 0.3) is 0 Å². The van der Waals surface area contributed by atoms with Crippen molar-refractivity contribution in [2.24, 2.45) is 0 Å². The Morgan fingerprint density at radius 2 is 2.00 bits per heavy atom. The molecule has 4 heterocycles. The summed E-state index contributed by atoms with van der Waals surface area (Å²) in [6, 6.07) is 13.6. The molecule has 32 heavy (non-hydrogen) atoms. The standard InChI is InChI=1S/C24H25FN4S.2ClH/c1-16-13-21-23(22-18(3-2-10-27-22)14-28-24(21)30-16)29-12-11-26-20(15-29)9-6-17-4-7-19(25)8-5-17;;/h2-5,7-8,10,13-14,20,26,28H,6,9,11-12,15H2,1H3;2*1H. The Hall–Kier alpha value is -2.12. The largest absolute Gasteiger partial charge is 0.366 e. The van der Waals surface area contributed by atoms with E-state index in [9.17, 15) is 4.39 Å². The lowest BCUT2D eigenvalue weighted by molar-refractivity contribution is 0.268. The molecule has 2 aliphatic rings. The topological polar surface area (TPSA) is 40.2 Å². The molecule has 0 radical (unpaired) electrons. The SMILES string of the molecule is Cc1cc2c(s1)NC=c1cccnc1=C2N1CCNC(CCc2ccc(F)cc2)C1.Cl.Cl. The van der Waals surface area contributed by atoms with E-state index in [0.29, 0.717) is 6.04 Å². The number of piperazine rings is 1. The van der Waals surface area contributed by atoms with Crippen LogP contribution in [-0.4, -0.2) is 35.6 Å². The number of nitrogens with one attached hydrogen (secondary N) is 2. The van der Waals surface area contributed by atoms with Crippen LogP contribution in [0.5, 0.6) is 0 Å². The van der Waals surface area contributed by atoms with Crippen molar-refractivity contribution in [3.8, 4) is 0 Å². The highest BCUT2D eigenvalue weighted by Crippen LogP contribution is 2.34. The van der Waals surface area contributed by atoms with E-state index in [1.165, 1.54) is 26.7 Å². The van der Waals surface area contributed by atoms with Crippen molar-refractivity contribution < 1.29 is 4.39 Å². The molecule has 1 saturated heterocycles. The molecule has 0 amide bonds. The number of nitrogens with zero attached hydrogens (tertiary/aromatic N) is 2. The van der Waals surface area contributed by atoms with Crippen LogP contribution in [0.2, 0.25) is 0 Å². The van der Waals surface area contributed by atoms with Gasteiger partial charge >= 0.3 is 0 Å². The molecule has 5 rings (SSSR count). The number of aryl methyl sites for hydroxylation is 2. The predicted octanol–water partition coefficient (Wildman–Crippen LogP) is 3.66. The number of hydrogen-bond acceptors (Lipinski definition) is 5. The normalized spacial score (nSPS) is 17.0. The fraction of sp³-hybridized carbons (Fsp3) is 0.292. The van der Waals surface area contributed by atoms with Crippen molar-refractivity contribution in [1.82, 2.24) is 15.2 Å². The number of pyridine rings is 1. The third kappa shape index (κ3) is 5.09. The summed E-state index contributed by atoms with van der Waals surface area (Å²) >= 11 is 1.79. The summed E-state index contributed by atoms with van der Waals surface area (Å²) in [5, 5.41) is 10.5. The minimum absolute atomic E-state index is 0. The van der Waals surface area contributed by atoms with Gasteiger partial charge in [0.2, 0.25) is 0 Å². The number of anilines is 1. The zero-order chi connectivity index (χ0) is 20.5. The molecule has 1 atom stereocenters. The zero-order valence-corrected chi connectivity index (χ0v) is 20.3. The van der Waals surface area contributed by atoms with Gasteiger partial charge in [0.1, 0.15) is 10.8 Å². The molecule has 0 bridgehead atoms. The van der Waals surface area contributed by atoms with Gasteiger partial charge in [-0.2, -0.15) is 0 Å². The molecule has 170 valence electrons. The number of fused-ring (bicyclic) bond motifs is 2. The van der Waals surface area contributed by atoms with E-state index in [1.807, 2.05) is 24.4 Å². The second kappa shape index (κ2) is 10.7. The van der Waals surface area contributed by atoms with Crippen molar-refractivity contribution in [2.75, 3.05) is 25.0 Å². The lowest BCUT2D eigenvalue weighted by Crippen LogP contribution is -2.51. The van der Waals surface area contributed by atoms with Crippen LogP contribution in [0.25, 0.3) is 11.9 Å². The van der Waals surface area contributed by atoms with E-state index < -0.39 is 0 Å². The van der Waals surface area contributed by atoms with Gasteiger partial charge in [-0.15, -0.1) is 36.2 Å². The molecule has 1 unspecified atom stereocenters. The van der Waals surface area contributed by atoms with E-state index >= 15 is 0 Å². The van der Waals surface area contributed by atoms with Gasteiger partial charge in [0.15, 0.2) is 0 Å². The summed E-state index contributed by atoms with van der Waals surface area (Å²) in [6.07, 6.45) is 5.90. The molecule has 2 aliphatic heterocycles. The number of halogens is 3. The lowest BCUT2D eigenvalue weighted by atomic mass is 10.0. The Morgan fingerprint density at radius 3 is 2.81 bits per heavy atom. The van der Waals surface area contributed by atoms with E-state index in [4.69, 9.17) is 4.98 Å². The molecule has 1 fully saturated rings. The zero-order valence-electron chi connectivity index (χ0n) is 17.8. The first-order valence-electron chi connectivity index (χ1n) is 10.4. The maximum absolute atomic E-state index is 13.2. The Morgan fingerprint density at radius 1 is 1.19 bits per heavy atom. The number of thiophene rings is 1. The van der Waals surface area contributed by atoms with E-state index in [0.717, 1.165) is 43.0 Å². The predicted molar refractivity (Wildman–Crippen MR) is 136 cm³/mol. The van der Waals surface area contributed by atoms with Crippen LogP contribution < -0.4 is 21.2 Å². The minimum atomic E-state index is -0.177.